The number of fused-ring (bicyclic) bond motifs is 4. The molecule has 0 saturated heterocycles. The van der Waals surface area contributed by atoms with Crippen LogP contribution in [0.25, 0.3) is 33.2 Å². The smallest absolute Gasteiger partial charge is 0.146 e. The third kappa shape index (κ3) is 2.71. The highest BCUT2D eigenvalue weighted by Gasteiger charge is 2.39. The standard InChI is InChI=1S/C27H26NOP/c1-5-30(29)24-13-9-8-12-21(24)22-14-15-28-25(26(22)30)19-16-18-10-6-7-11-20(18)23(17-19)27(2,3)4/h6-17H,5H2,1-4H3. The number of hydrogen-bond acceptors (Lipinski definition) is 2. The van der Waals surface area contributed by atoms with Crippen molar-refractivity contribution in [3.8, 4) is 22.4 Å². The predicted molar refractivity (Wildman–Crippen MR) is 129 cm³/mol. The van der Waals surface area contributed by atoms with Gasteiger partial charge in [0.05, 0.1) is 11.0 Å². The van der Waals surface area contributed by atoms with E-state index in [2.05, 4.69) is 63.2 Å². The topological polar surface area (TPSA) is 30.0 Å². The second kappa shape index (κ2) is 6.65. The average molecular weight is 411 g/mol. The van der Waals surface area contributed by atoms with Crippen LogP contribution in [0.2, 0.25) is 0 Å². The zero-order valence-electron chi connectivity index (χ0n) is 17.9. The Kier molecular flexibility index (Phi) is 4.27. The number of rotatable bonds is 2. The zero-order chi connectivity index (χ0) is 21.1. The molecule has 0 fully saturated rings. The summed E-state index contributed by atoms with van der Waals surface area (Å²) in [5, 5.41) is 4.38. The molecule has 5 rings (SSSR count). The van der Waals surface area contributed by atoms with E-state index >= 15 is 0 Å². The number of hydrogen-bond donors (Lipinski definition) is 0. The first kappa shape index (κ1) is 19.3. The third-order valence-electron chi connectivity index (χ3n) is 6.26. The molecule has 0 N–H and O–H groups in total. The Labute approximate surface area is 178 Å². The molecule has 1 unspecified atom stereocenters. The van der Waals surface area contributed by atoms with Gasteiger partial charge in [-0.05, 0) is 51.1 Å². The van der Waals surface area contributed by atoms with E-state index in [9.17, 15) is 4.57 Å². The summed E-state index contributed by atoms with van der Waals surface area (Å²) in [6.45, 7) is 8.76. The van der Waals surface area contributed by atoms with Gasteiger partial charge >= 0.3 is 0 Å². The predicted octanol–water partition coefficient (Wildman–Crippen LogP) is 6.51. The molecule has 0 bridgehead atoms. The van der Waals surface area contributed by atoms with Gasteiger partial charge in [-0.15, -0.1) is 0 Å². The van der Waals surface area contributed by atoms with Crippen molar-refractivity contribution in [2.75, 3.05) is 6.16 Å². The van der Waals surface area contributed by atoms with Gasteiger partial charge in [-0.25, -0.2) is 0 Å². The molecule has 2 heterocycles. The maximum atomic E-state index is 14.3. The molecule has 150 valence electrons. The minimum atomic E-state index is -2.71. The highest BCUT2D eigenvalue weighted by atomic mass is 31.2. The summed E-state index contributed by atoms with van der Waals surface area (Å²) < 4.78 is 14.3. The molecule has 1 aliphatic rings. The monoisotopic (exact) mass is 411 g/mol. The first-order valence-corrected chi connectivity index (χ1v) is 12.5. The maximum Gasteiger partial charge on any atom is 0.146 e. The number of pyridine rings is 1. The lowest BCUT2D eigenvalue weighted by Crippen LogP contribution is -2.16. The number of aromatic nitrogens is 1. The first-order chi connectivity index (χ1) is 14.3. The molecule has 1 aliphatic heterocycles. The van der Waals surface area contributed by atoms with Gasteiger partial charge in [-0.1, -0.05) is 76.2 Å². The molecule has 1 aromatic heterocycles. The molecule has 0 spiro atoms. The summed E-state index contributed by atoms with van der Waals surface area (Å²) in [7, 11) is -2.71. The van der Waals surface area contributed by atoms with Crippen molar-refractivity contribution in [1.29, 1.82) is 0 Å². The van der Waals surface area contributed by atoms with Crippen molar-refractivity contribution in [3.63, 3.8) is 0 Å². The van der Waals surface area contributed by atoms with Crippen molar-refractivity contribution in [3.05, 3.63) is 78.5 Å². The Hall–Kier alpha value is -2.70. The molecule has 4 aromatic rings. The molecule has 30 heavy (non-hydrogen) atoms. The van der Waals surface area contributed by atoms with Crippen LogP contribution in [-0.4, -0.2) is 11.1 Å². The largest absolute Gasteiger partial charge is 0.314 e. The lowest BCUT2D eigenvalue weighted by atomic mass is 9.82. The fourth-order valence-electron chi connectivity index (χ4n) is 4.78. The molecule has 2 nitrogen and oxygen atoms in total. The van der Waals surface area contributed by atoms with Crippen LogP contribution >= 0.6 is 7.14 Å². The van der Waals surface area contributed by atoms with E-state index in [4.69, 9.17) is 4.98 Å². The number of benzene rings is 3. The summed E-state index contributed by atoms with van der Waals surface area (Å²) >= 11 is 0. The summed E-state index contributed by atoms with van der Waals surface area (Å²) in [5.74, 6) is 0. The van der Waals surface area contributed by atoms with Crippen LogP contribution in [0, 0.1) is 0 Å². The molecule has 0 saturated carbocycles. The van der Waals surface area contributed by atoms with Crippen LogP contribution in [0.5, 0.6) is 0 Å². The molecule has 3 heteroatoms. The van der Waals surface area contributed by atoms with Gasteiger partial charge in [-0.2, -0.15) is 0 Å². The molecular weight excluding hydrogens is 385 g/mol. The zero-order valence-corrected chi connectivity index (χ0v) is 18.8. The Morgan fingerprint density at radius 1 is 0.900 bits per heavy atom. The second-order valence-corrected chi connectivity index (χ2v) is 12.2. The van der Waals surface area contributed by atoms with E-state index in [-0.39, 0.29) is 5.41 Å². The normalized spacial score (nSPS) is 17.7. The van der Waals surface area contributed by atoms with Crippen LogP contribution in [-0.2, 0) is 9.98 Å². The fraction of sp³-hybridized carbons (Fsp3) is 0.222. The first-order valence-electron chi connectivity index (χ1n) is 10.6. The number of nitrogens with zero attached hydrogens (tertiary/aromatic N) is 1. The van der Waals surface area contributed by atoms with Crippen LogP contribution in [0.1, 0.15) is 33.3 Å². The quantitative estimate of drug-likeness (QED) is 0.352. The van der Waals surface area contributed by atoms with Gasteiger partial charge < -0.3 is 4.57 Å². The van der Waals surface area contributed by atoms with Gasteiger partial charge in [0.25, 0.3) is 0 Å². The molecule has 0 amide bonds. The summed E-state index contributed by atoms with van der Waals surface area (Å²) in [4.78, 5) is 4.80. The van der Waals surface area contributed by atoms with Crippen LogP contribution in [0.3, 0.4) is 0 Å². The van der Waals surface area contributed by atoms with E-state index < -0.39 is 7.14 Å². The Morgan fingerprint density at radius 2 is 1.63 bits per heavy atom. The highest BCUT2D eigenvalue weighted by molar-refractivity contribution is 7.80. The van der Waals surface area contributed by atoms with Crippen LogP contribution < -0.4 is 10.6 Å². The Morgan fingerprint density at radius 3 is 2.40 bits per heavy atom. The van der Waals surface area contributed by atoms with Crippen molar-refractivity contribution >= 4 is 28.5 Å². The van der Waals surface area contributed by atoms with Crippen molar-refractivity contribution < 1.29 is 4.57 Å². The van der Waals surface area contributed by atoms with E-state index in [1.165, 1.54) is 16.3 Å². The Bertz CT molecular complexity index is 1350. The van der Waals surface area contributed by atoms with E-state index in [0.29, 0.717) is 6.16 Å². The molecular formula is C27H26NOP. The van der Waals surface area contributed by atoms with Crippen LogP contribution in [0.4, 0.5) is 0 Å². The Balaban J connectivity index is 1.86. The van der Waals surface area contributed by atoms with Crippen molar-refractivity contribution in [2.45, 2.75) is 33.1 Å². The van der Waals surface area contributed by atoms with E-state index in [1.54, 1.807) is 0 Å². The van der Waals surface area contributed by atoms with E-state index in [1.807, 2.05) is 37.4 Å². The highest BCUT2D eigenvalue weighted by Crippen LogP contribution is 2.54. The van der Waals surface area contributed by atoms with Gasteiger partial charge in [-0.3, -0.25) is 4.98 Å². The van der Waals surface area contributed by atoms with Gasteiger partial charge in [0.1, 0.15) is 7.14 Å². The fourth-order valence-corrected chi connectivity index (χ4v) is 7.70. The summed E-state index contributed by atoms with van der Waals surface area (Å²) in [6.07, 6.45) is 2.47. The maximum absolute atomic E-state index is 14.3. The molecule has 0 aliphatic carbocycles. The van der Waals surface area contributed by atoms with Gasteiger partial charge in [0, 0.05) is 23.2 Å². The van der Waals surface area contributed by atoms with Crippen LogP contribution in [0.15, 0.2) is 72.9 Å². The third-order valence-corrected chi connectivity index (χ3v) is 9.49. The average Bonchev–Trinajstić information content (AvgIpc) is 3.02. The molecule has 0 radical (unpaired) electrons. The van der Waals surface area contributed by atoms with Gasteiger partial charge in [0.2, 0.25) is 0 Å². The van der Waals surface area contributed by atoms with Crippen molar-refractivity contribution in [2.24, 2.45) is 0 Å². The lowest BCUT2D eigenvalue weighted by Gasteiger charge is -2.23. The molecule has 3 aromatic carbocycles. The second-order valence-electron chi connectivity index (χ2n) is 9.12. The minimum absolute atomic E-state index is 0.00895. The SMILES string of the molecule is CCP1(=O)c2ccccc2-c2ccnc(-c3cc(C(C)(C)C)c4ccccc4c3)c21. The van der Waals surface area contributed by atoms with E-state index in [0.717, 1.165) is 33.0 Å². The van der Waals surface area contributed by atoms with Crippen molar-refractivity contribution in [1.82, 2.24) is 4.98 Å². The lowest BCUT2D eigenvalue weighted by molar-refractivity contribution is 0.588. The minimum Gasteiger partial charge on any atom is -0.314 e. The van der Waals surface area contributed by atoms with Gasteiger partial charge in [0.15, 0.2) is 0 Å². The summed E-state index contributed by atoms with van der Waals surface area (Å²) in [5.41, 5.74) is 5.37. The summed E-state index contributed by atoms with van der Waals surface area (Å²) in [6, 6.07) is 23.2. The molecule has 1 atom stereocenters.